The Morgan fingerprint density at radius 2 is 2.00 bits per heavy atom. The van der Waals surface area contributed by atoms with Crippen LogP contribution >= 0.6 is 11.6 Å². The summed E-state index contributed by atoms with van der Waals surface area (Å²) in [6.07, 6.45) is -4.61. The van der Waals surface area contributed by atoms with E-state index in [2.05, 4.69) is 0 Å². The lowest BCUT2D eigenvalue weighted by molar-refractivity contribution is -0.137. The fourth-order valence-electron chi connectivity index (χ4n) is 1.79. The van der Waals surface area contributed by atoms with E-state index in [9.17, 15) is 18.0 Å². The summed E-state index contributed by atoms with van der Waals surface area (Å²) >= 11 is 5.50. The number of hydrogen-bond donors (Lipinski definition) is 1. The summed E-state index contributed by atoms with van der Waals surface area (Å²) in [5, 5.41) is 7.19. The lowest BCUT2D eigenvalue weighted by Gasteiger charge is -2.18. The Kier molecular flexibility index (Phi) is 3.17. The Morgan fingerprint density at radius 1 is 1.37 bits per heavy atom. The number of carbonyl (C=O) groups excluding carboxylic acids is 1. The molecule has 8 heteroatoms. The molecular weight excluding hydrogens is 283 g/mol. The number of benzene rings is 1. The molecule has 2 amide bonds. The van der Waals surface area contributed by atoms with E-state index < -0.39 is 22.8 Å². The Morgan fingerprint density at radius 3 is 2.47 bits per heavy atom. The molecule has 102 valence electrons. The van der Waals surface area contributed by atoms with Crippen LogP contribution in [0.1, 0.15) is 5.56 Å². The number of urea groups is 1. The van der Waals surface area contributed by atoms with Gasteiger partial charge in [-0.25, -0.2) is 9.69 Å². The molecule has 1 fully saturated rings. The van der Waals surface area contributed by atoms with Crippen LogP contribution in [0, 0.1) is 5.41 Å². The number of anilines is 1. The van der Waals surface area contributed by atoms with E-state index in [1.807, 2.05) is 0 Å². The summed E-state index contributed by atoms with van der Waals surface area (Å²) < 4.78 is 38.2. The Labute approximate surface area is 111 Å². The standard InChI is InChI=1S/C11H9ClF3N3O/c1-17-5-9(16)18(10(17)19)6-2-3-8(12)7(4-6)11(13,14)15/h2-4,16H,5H2,1H3. The molecule has 0 unspecified atom stereocenters. The first-order chi connectivity index (χ1) is 8.71. The van der Waals surface area contributed by atoms with Crippen LogP contribution in [0.2, 0.25) is 5.02 Å². The third kappa shape index (κ3) is 2.37. The number of nitrogens with one attached hydrogen (secondary N) is 1. The van der Waals surface area contributed by atoms with Crippen LogP contribution in [0.5, 0.6) is 0 Å². The SMILES string of the molecule is CN1CC(=N)N(c2ccc(Cl)c(C(F)(F)F)c2)C1=O. The molecule has 4 nitrogen and oxygen atoms in total. The summed E-state index contributed by atoms with van der Waals surface area (Å²) in [6.45, 7) is 0.0583. The molecule has 1 aliphatic rings. The maximum Gasteiger partial charge on any atom is 0.417 e. The van der Waals surface area contributed by atoms with Gasteiger partial charge < -0.3 is 4.90 Å². The van der Waals surface area contributed by atoms with Crippen molar-refractivity contribution in [2.75, 3.05) is 18.5 Å². The normalized spacial score (nSPS) is 16.5. The Bertz CT molecular complexity index is 559. The molecule has 0 saturated carbocycles. The van der Waals surface area contributed by atoms with Crippen molar-refractivity contribution in [3.8, 4) is 0 Å². The first kappa shape index (κ1) is 13.7. The van der Waals surface area contributed by atoms with Gasteiger partial charge in [0, 0.05) is 7.05 Å². The molecule has 0 radical (unpaired) electrons. The van der Waals surface area contributed by atoms with E-state index in [0.717, 1.165) is 17.0 Å². The molecule has 19 heavy (non-hydrogen) atoms. The molecule has 0 spiro atoms. The number of hydrogen-bond acceptors (Lipinski definition) is 2. The lowest BCUT2D eigenvalue weighted by Crippen LogP contribution is -2.31. The minimum atomic E-state index is -4.61. The molecule has 1 aromatic carbocycles. The zero-order chi connectivity index (χ0) is 14.4. The summed E-state index contributed by atoms with van der Waals surface area (Å²) in [6, 6.07) is 2.58. The zero-order valence-electron chi connectivity index (χ0n) is 9.75. The summed E-state index contributed by atoms with van der Waals surface area (Å²) in [5.41, 5.74) is -1.04. The first-order valence-electron chi connectivity index (χ1n) is 5.21. The molecule has 1 aromatic rings. The van der Waals surface area contributed by atoms with Crippen molar-refractivity contribution in [3.05, 3.63) is 28.8 Å². The molecule has 1 saturated heterocycles. The van der Waals surface area contributed by atoms with Crippen molar-refractivity contribution in [2.24, 2.45) is 0 Å². The number of halogens is 4. The monoisotopic (exact) mass is 291 g/mol. The van der Waals surface area contributed by atoms with Gasteiger partial charge in [0.2, 0.25) is 0 Å². The summed E-state index contributed by atoms with van der Waals surface area (Å²) in [7, 11) is 1.47. The van der Waals surface area contributed by atoms with E-state index in [1.54, 1.807) is 0 Å². The number of carbonyl (C=O) groups is 1. The lowest BCUT2D eigenvalue weighted by atomic mass is 10.2. The average Bonchev–Trinajstić information content (AvgIpc) is 2.53. The van der Waals surface area contributed by atoms with Gasteiger partial charge in [0.25, 0.3) is 0 Å². The van der Waals surface area contributed by atoms with Crippen molar-refractivity contribution in [1.29, 1.82) is 5.41 Å². The Hall–Kier alpha value is -1.76. The van der Waals surface area contributed by atoms with E-state index in [1.165, 1.54) is 18.0 Å². The van der Waals surface area contributed by atoms with E-state index in [0.29, 0.717) is 0 Å². The average molecular weight is 292 g/mol. The fourth-order valence-corrected chi connectivity index (χ4v) is 2.01. The molecule has 0 bridgehead atoms. The number of amides is 2. The molecule has 1 N–H and O–H groups in total. The molecule has 1 heterocycles. The third-order valence-electron chi connectivity index (χ3n) is 2.69. The Balaban J connectivity index is 2.48. The number of alkyl halides is 3. The van der Waals surface area contributed by atoms with Crippen LogP contribution in [0.15, 0.2) is 18.2 Å². The van der Waals surface area contributed by atoms with E-state index in [4.69, 9.17) is 17.0 Å². The van der Waals surface area contributed by atoms with Gasteiger partial charge in [-0.3, -0.25) is 5.41 Å². The van der Waals surface area contributed by atoms with Gasteiger partial charge in [-0.2, -0.15) is 13.2 Å². The largest absolute Gasteiger partial charge is 0.417 e. The van der Waals surface area contributed by atoms with Crippen molar-refractivity contribution in [3.63, 3.8) is 0 Å². The fraction of sp³-hybridized carbons (Fsp3) is 0.273. The smallest absolute Gasteiger partial charge is 0.320 e. The van der Waals surface area contributed by atoms with Crippen LogP contribution in [0.25, 0.3) is 0 Å². The predicted molar refractivity (Wildman–Crippen MR) is 64.7 cm³/mol. The van der Waals surface area contributed by atoms with Gasteiger partial charge in [0.05, 0.1) is 22.8 Å². The molecule has 0 aromatic heterocycles. The second-order valence-corrected chi connectivity index (χ2v) is 4.49. The first-order valence-corrected chi connectivity index (χ1v) is 5.59. The number of rotatable bonds is 1. The van der Waals surface area contributed by atoms with Crippen LogP contribution in [-0.4, -0.2) is 30.4 Å². The van der Waals surface area contributed by atoms with Crippen LogP contribution in [0.4, 0.5) is 23.7 Å². The summed E-state index contributed by atoms with van der Waals surface area (Å²) in [4.78, 5) is 13.9. The third-order valence-corrected chi connectivity index (χ3v) is 3.02. The van der Waals surface area contributed by atoms with Crippen molar-refractivity contribution in [2.45, 2.75) is 6.18 Å². The van der Waals surface area contributed by atoms with Gasteiger partial charge in [0.1, 0.15) is 5.84 Å². The highest BCUT2D eigenvalue weighted by Crippen LogP contribution is 2.37. The number of likely N-dealkylation sites (N-methyl/N-ethyl adjacent to an activating group) is 1. The maximum absolute atomic E-state index is 12.7. The van der Waals surface area contributed by atoms with Gasteiger partial charge >= 0.3 is 12.2 Å². The van der Waals surface area contributed by atoms with Crippen LogP contribution in [0.3, 0.4) is 0 Å². The quantitative estimate of drug-likeness (QED) is 0.848. The predicted octanol–water partition coefficient (Wildman–Crippen LogP) is 3.21. The minimum absolute atomic E-state index is 0.0175. The minimum Gasteiger partial charge on any atom is -0.320 e. The zero-order valence-corrected chi connectivity index (χ0v) is 10.5. The second kappa shape index (κ2) is 4.41. The molecular formula is C11H9ClF3N3O. The van der Waals surface area contributed by atoms with Crippen LogP contribution in [-0.2, 0) is 6.18 Å². The highest BCUT2D eigenvalue weighted by molar-refractivity contribution is 6.31. The van der Waals surface area contributed by atoms with Crippen LogP contribution < -0.4 is 4.90 Å². The highest BCUT2D eigenvalue weighted by Gasteiger charge is 2.36. The topological polar surface area (TPSA) is 47.4 Å². The van der Waals surface area contributed by atoms with E-state index >= 15 is 0 Å². The number of amidine groups is 1. The molecule has 2 rings (SSSR count). The van der Waals surface area contributed by atoms with Crippen molar-refractivity contribution < 1.29 is 18.0 Å². The molecule has 0 atom stereocenters. The molecule has 1 aliphatic heterocycles. The van der Waals surface area contributed by atoms with Crippen molar-refractivity contribution in [1.82, 2.24) is 4.90 Å². The second-order valence-electron chi connectivity index (χ2n) is 4.08. The van der Waals surface area contributed by atoms with E-state index in [-0.39, 0.29) is 18.1 Å². The molecule has 0 aliphatic carbocycles. The van der Waals surface area contributed by atoms with Gasteiger partial charge in [0.15, 0.2) is 0 Å². The van der Waals surface area contributed by atoms with Gasteiger partial charge in [-0.15, -0.1) is 0 Å². The van der Waals surface area contributed by atoms with Gasteiger partial charge in [-0.1, -0.05) is 11.6 Å². The maximum atomic E-state index is 12.7. The van der Waals surface area contributed by atoms with Crippen molar-refractivity contribution >= 4 is 29.2 Å². The van der Waals surface area contributed by atoms with Gasteiger partial charge in [-0.05, 0) is 18.2 Å². The summed E-state index contributed by atoms with van der Waals surface area (Å²) in [5.74, 6) is -0.0806. The highest BCUT2D eigenvalue weighted by atomic mass is 35.5. The number of nitrogens with zero attached hydrogens (tertiary/aromatic N) is 2.